The summed E-state index contributed by atoms with van der Waals surface area (Å²) in [5.41, 5.74) is 1.52. The van der Waals surface area contributed by atoms with E-state index in [1.807, 2.05) is 11.3 Å². The van der Waals surface area contributed by atoms with Gasteiger partial charge in [-0.15, -0.1) is 11.3 Å². The maximum Gasteiger partial charge on any atom is 0.131 e. The molecular formula is C18H18N2S2. The molecule has 0 amide bonds. The molecule has 1 aliphatic rings. The Balaban J connectivity index is 1.89. The Kier molecular flexibility index (Phi) is 3.89. The van der Waals surface area contributed by atoms with Crippen molar-refractivity contribution in [1.82, 2.24) is 9.97 Å². The maximum atomic E-state index is 4.85. The number of rotatable bonds is 3. The SMILES string of the molecule is CCc1nc(Sc2ccccc2)c2c3c(sc2n1)CCCC3. The van der Waals surface area contributed by atoms with Gasteiger partial charge in [-0.2, -0.15) is 0 Å². The smallest absolute Gasteiger partial charge is 0.131 e. The minimum Gasteiger partial charge on any atom is -0.225 e. The van der Waals surface area contributed by atoms with E-state index in [0.29, 0.717) is 0 Å². The lowest BCUT2D eigenvalue weighted by Gasteiger charge is -2.12. The molecule has 4 heteroatoms. The molecule has 0 spiro atoms. The Morgan fingerprint density at radius 3 is 2.73 bits per heavy atom. The van der Waals surface area contributed by atoms with Crippen LogP contribution in [0.1, 0.15) is 36.0 Å². The Morgan fingerprint density at radius 1 is 1.09 bits per heavy atom. The molecule has 22 heavy (non-hydrogen) atoms. The fourth-order valence-electron chi connectivity index (χ4n) is 3.00. The van der Waals surface area contributed by atoms with Gasteiger partial charge < -0.3 is 0 Å². The van der Waals surface area contributed by atoms with E-state index in [4.69, 9.17) is 9.97 Å². The van der Waals surface area contributed by atoms with Gasteiger partial charge in [0, 0.05) is 21.6 Å². The van der Waals surface area contributed by atoms with Crippen LogP contribution in [-0.4, -0.2) is 9.97 Å². The van der Waals surface area contributed by atoms with Crippen molar-refractivity contribution in [2.45, 2.75) is 48.9 Å². The summed E-state index contributed by atoms with van der Waals surface area (Å²) in [6, 6.07) is 10.5. The van der Waals surface area contributed by atoms with Gasteiger partial charge in [-0.25, -0.2) is 9.97 Å². The molecule has 2 heterocycles. The third-order valence-electron chi connectivity index (χ3n) is 4.10. The molecular weight excluding hydrogens is 308 g/mol. The van der Waals surface area contributed by atoms with Gasteiger partial charge >= 0.3 is 0 Å². The van der Waals surface area contributed by atoms with Crippen LogP contribution in [0, 0.1) is 0 Å². The van der Waals surface area contributed by atoms with Crippen LogP contribution in [0.2, 0.25) is 0 Å². The molecule has 3 aromatic rings. The molecule has 0 aliphatic heterocycles. The standard InChI is InChI=1S/C18H18N2S2/c1-2-15-19-17(21-12-8-4-3-5-9-12)16-13-10-6-7-11-14(13)22-18(16)20-15/h3-5,8-9H,2,6-7,10-11H2,1H3. The molecule has 0 N–H and O–H groups in total. The summed E-state index contributed by atoms with van der Waals surface area (Å²) in [6.45, 7) is 2.13. The van der Waals surface area contributed by atoms with Gasteiger partial charge in [-0.3, -0.25) is 0 Å². The van der Waals surface area contributed by atoms with Crippen molar-refractivity contribution in [3.63, 3.8) is 0 Å². The predicted octanol–water partition coefficient (Wildman–Crippen LogP) is 5.28. The molecule has 0 radical (unpaired) electrons. The summed E-state index contributed by atoms with van der Waals surface area (Å²) in [5.74, 6) is 0.963. The van der Waals surface area contributed by atoms with E-state index in [2.05, 4.69) is 37.3 Å². The van der Waals surface area contributed by atoms with E-state index < -0.39 is 0 Å². The fraction of sp³-hybridized carbons (Fsp3) is 0.333. The number of hydrogen-bond donors (Lipinski definition) is 0. The van der Waals surface area contributed by atoms with Crippen LogP contribution >= 0.6 is 23.1 Å². The van der Waals surface area contributed by atoms with Gasteiger partial charge in [0.15, 0.2) is 0 Å². The molecule has 0 saturated heterocycles. The lowest BCUT2D eigenvalue weighted by molar-refractivity contribution is 0.699. The van der Waals surface area contributed by atoms with Gasteiger partial charge in [-0.1, -0.05) is 36.9 Å². The van der Waals surface area contributed by atoms with Crippen LogP contribution in [0.4, 0.5) is 0 Å². The van der Waals surface area contributed by atoms with E-state index in [0.717, 1.165) is 17.3 Å². The highest BCUT2D eigenvalue weighted by molar-refractivity contribution is 7.99. The molecule has 0 fully saturated rings. The third-order valence-corrected chi connectivity index (χ3v) is 6.28. The number of aromatic nitrogens is 2. The summed E-state index contributed by atoms with van der Waals surface area (Å²) in [5, 5.41) is 2.47. The highest BCUT2D eigenvalue weighted by Gasteiger charge is 2.21. The topological polar surface area (TPSA) is 25.8 Å². The van der Waals surface area contributed by atoms with Gasteiger partial charge in [0.1, 0.15) is 15.7 Å². The highest BCUT2D eigenvalue weighted by atomic mass is 32.2. The summed E-state index contributed by atoms with van der Waals surface area (Å²) in [7, 11) is 0. The second kappa shape index (κ2) is 6.01. The average Bonchev–Trinajstić information content (AvgIpc) is 2.94. The Morgan fingerprint density at radius 2 is 1.91 bits per heavy atom. The summed E-state index contributed by atoms with van der Waals surface area (Å²) in [4.78, 5) is 13.6. The largest absolute Gasteiger partial charge is 0.225 e. The fourth-order valence-corrected chi connectivity index (χ4v) is 5.33. The van der Waals surface area contributed by atoms with Crippen molar-refractivity contribution in [2.24, 2.45) is 0 Å². The molecule has 0 atom stereocenters. The molecule has 0 unspecified atom stereocenters. The van der Waals surface area contributed by atoms with E-state index in [1.165, 1.54) is 46.4 Å². The van der Waals surface area contributed by atoms with Crippen LogP contribution in [0.25, 0.3) is 10.2 Å². The van der Waals surface area contributed by atoms with Crippen molar-refractivity contribution >= 4 is 33.3 Å². The predicted molar refractivity (Wildman–Crippen MR) is 94.0 cm³/mol. The first-order valence-corrected chi connectivity index (χ1v) is 9.52. The van der Waals surface area contributed by atoms with Crippen molar-refractivity contribution in [2.75, 3.05) is 0 Å². The molecule has 2 nitrogen and oxygen atoms in total. The van der Waals surface area contributed by atoms with Gasteiger partial charge in [0.05, 0.1) is 0 Å². The van der Waals surface area contributed by atoms with Crippen LogP contribution in [0.15, 0.2) is 40.3 Å². The first kappa shape index (κ1) is 14.2. The average molecular weight is 326 g/mol. The lowest BCUT2D eigenvalue weighted by atomic mass is 9.97. The van der Waals surface area contributed by atoms with Gasteiger partial charge in [0.25, 0.3) is 0 Å². The normalized spacial score (nSPS) is 14.2. The molecule has 1 aromatic carbocycles. The third kappa shape index (κ3) is 2.55. The minimum absolute atomic E-state index is 0.890. The first-order chi connectivity index (χ1) is 10.8. The van der Waals surface area contributed by atoms with Crippen LogP contribution in [0.3, 0.4) is 0 Å². The molecule has 0 bridgehead atoms. The van der Waals surface area contributed by atoms with Crippen molar-refractivity contribution in [1.29, 1.82) is 0 Å². The number of nitrogens with zero attached hydrogens (tertiary/aromatic N) is 2. The quantitative estimate of drug-likeness (QED) is 0.612. The molecule has 2 aromatic heterocycles. The summed E-state index contributed by atoms with van der Waals surface area (Å²) < 4.78 is 0. The van der Waals surface area contributed by atoms with Crippen molar-refractivity contribution in [3.8, 4) is 0 Å². The number of hydrogen-bond acceptors (Lipinski definition) is 4. The number of benzene rings is 1. The zero-order valence-corrected chi connectivity index (χ0v) is 14.3. The van der Waals surface area contributed by atoms with E-state index in [1.54, 1.807) is 16.6 Å². The summed E-state index contributed by atoms with van der Waals surface area (Å²) in [6.07, 6.45) is 5.90. The summed E-state index contributed by atoms with van der Waals surface area (Å²) >= 11 is 3.67. The Hall–Kier alpha value is -1.39. The van der Waals surface area contributed by atoms with Gasteiger partial charge in [-0.05, 0) is 43.4 Å². The second-order valence-corrected chi connectivity index (χ2v) is 7.75. The zero-order valence-electron chi connectivity index (χ0n) is 12.6. The second-order valence-electron chi connectivity index (χ2n) is 5.60. The maximum absolute atomic E-state index is 4.85. The van der Waals surface area contributed by atoms with E-state index in [-0.39, 0.29) is 0 Å². The first-order valence-electron chi connectivity index (χ1n) is 7.89. The van der Waals surface area contributed by atoms with E-state index in [9.17, 15) is 0 Å². The molecule has 1 aliphatic carbocycles. The Bertz CT molecular complexity index is 809. The highest BCUT2D eigenvalue weighted by Crippen LogP contribution is 2.41. The number of aryl methyl sites for hydroxylation is 3. The molecule has 112 valence electrons. The van der Waals surface area contributed by atoms with Crippen LogP contribution in [-0.2, 0) is 19.3 Å². The molecule has 0 saturated carbocycles. The monoisotopic (exact) mass is 326 g/mol. The van der Waals surface area contributed by atoms with Crippen LogP contribution < -0.4 is 0 Å². The zero-order chi connectivity index (χ0) is 14.9. The van der Waals surface area contributed by atoms with Crippen LogP contribution in [0.5, 0.6) is 0 Å². The number of fused-ring (bicyclic) bond motifs is 3. The van der Waals surface area contributed by atoms with E-state index >= 15 is 0 Å². The minimum atomic E-state index is 0.890. The number of thiophene rings is 1. The Labute approximate surface area is 139 Å². The van der Waals surface area contributed by atoms with Crippen molar-refractivity contribution < 1.29 is 0 Å². The van der Waals surface area contributed by atoms with Gasteiger partial charge in [0.2, 0.25) is 0 Å². The lowest BCUT2D eigenvalue weighted by Crippen LogP contribution is -2.00. The molecule has 4 rings (SSSR count). The van der Waals surface area contributed by atoms with Crippen molar-refractivity contribution in [3.05, 3.63) is 46.6 Å².